The van der Waals surface area contributed by atoms with Gasteiger partial charge in [-0.2, -0.15) is 0 Å². The summed E-state index contributed by atoms with van der Waals surface area (Å²) in [6.07, 6.45) is 0.843. The second kappa shape index (κ2) is 14.6. The number of hydrogen-bond acceptors (Lipinski definition) is 9. The molecule has 4 aromatic carbocycles. The third-order valence-corrected chi connectivity index (χ3v) is 9.50. The van der Waals surface area contributed by atoms with Crippen molar-refractivity contribution in [1.29, 1.82) is 0 Å². The number of rotatable bonds is 12. The van der Waals surface area contributed by atoms with Gasteiger partial charge < -0.3 is 14.6 Å². The van der Waals surface area contributed by atoms with Crippen LogP contribution >= 0.6 is 23.1 Å². The molecule has 0 aliphatic carbocycles. The fourth-order valence-electron chi connectivity index (χ4n) is 5.03. The Morgan fingerprint density at radius 3 is 2.30 bits per heavy atom. The topological polar surface area (TPSA) is 102 Å². The van der Waals surface area contributed by atoms with Gasteiger partial charge in [-0.05, 0) is 65.6 Å². The number of anilines is 1. The third-order valence-electron chi connectivity index (χ3n) is 7.40. The van der Waals surface area contributed by atoms with Crippen LogP contribution in [0.4, 0.5) is 9.52 Å². The van der Waals surface area contributed by atoms with Crippen molar-refractivity contribution in [3.05, 3.63) is 137 Å². The van der Waals surface area contributed by atoms with Gasteiger partial charge in [-0.1, -0.05) is 90.7 Å². The van der Waals surface area contributed by atoms with Crippen LogP contribution in [0.3, 0.4) is 0 Å². The number of ketones is 1. The highest BCUT2D eigenvalue weighted by molar-refractivity contribution is 8.00. The Morgan fingerprint density at radius 2 is 1.57 bits per heavy atom. The van der Waals surface area contributed by atoms with Gasteiger partial charge in [0.2, 0.25) is 5.13 Å². The molecule has 1 atom stereocenters. The van der Waals surface area contributed by atoms with Gasteiger partial charge in [0.1, 0.15) is 29.7 Å². The van der Waals surface area contributed by atoms with E-state index in [9.17, 15) is 19.1 Å². The first-order valence-corrected chi connectivity index (χ1v) is 16.7. The van der Waals surface area contributed by atoms with E-state index in [-0.39, 0.29) is 22.3 Å². The minimum atomic E-state index is -0.994. The fraction of sp³-hybridized carbons (Fsp3) is 0.167. The zero-order valence-corrected chi connectivity index (χ0v) is 27.0. The highest BCUT2D eigenvalue weighted by Gasteiger charge is 2.48. The molecule has 1 aliphatic rings. The van der Waals surface area contributed by atoms with E-state index in [0.717, 1.165) is 23.3 Å². The summed E-state index contributed by atoms with van der Waals surface area (Å²) in [7, 11) is 0. The molecule has 11 heteroatoms. The number of amides is 1. The second-order valence-corrected chi connectivity index (χ2v) is 12.8. The van der Waals surface area contributed by atoms with Gasteiger partial charge in [0.25, 0.3) is 5.78 Å². The number of aliphatic hydroxyl groups is 1. The number of benzene rings is 4. The smallest absolute Gasteiger partial charge is 0.301 e. The highest BCUT2D eigenvalue weighted by Crippen LogP contribution is 2.44. The molecule has 1 amide bonds. The van der Waals surface area contributed by atoms with Gasteiger partial charge in [-0.3, -0.25) is 14.5 Å². The zero-order valence-electron chi connectivity index (χ0n) is 25.3. The molecule has 2 heterocycles. The van der Waals surface area contributed by atoms with E-state index in [1.165, 1.54) is 22.7 Å². The maximum atomic E-state index is 14.2. The van der Waals surface area contributed by atoms with Crippen LogP contribution in [0.15, 0.2) is 113 Å². The molecule has 1 N–H and O–H groups in total. The molecular formula is C36H30FN3O5S2. The van der Waals surface area contributed by atoms with Crippen molar-refractivity contribution >= 4 is 45.7 Å². The maximum absolute atomic E-state index is 14.2. The normalized spacial score (nSPS) is 15.6. The van der Waals surface area contributed by atoms with Crippen molar-refractivity contribution in [3.8, 4) is 11.5 Å². The summed E-state index contributed by atoms with van der Waals surface area (Å²) in [5, 5.41) is 20.2. The highest BCUT2D eigenvalue weighted by atomic mass is 32.2. The average molecular weight is 668 g/mol. The van der Waals surface area contributed by atoms with E-state index >= 15 is 0 Å². The number of thioether (sulfide) groups is 1. The van der Waals surface area contributed by atoms with E-state index in [1.807, 2.05) is 37.3 Å². The number of nitrogens with zero attached hydrogens (tertiary/aromatic N) is 3. The van der Waals surface area contributed by atoms with Crippen LogP contribution < -0.4 is 14.4 Å². The zero-order chi connectivity index (χ0) is 32.8. The molecule has 0 saturated carbocycles. The number of carbonyl (C=O) groups excluding carboxylic acids is 2. The summed E-state index contributed by atoms with van der Waals surface area (Å²) in [5.74, 6) is -0.797. The van der Waals surface area contributed by atoms with Gasteiger partial charge in [0.15, 0.2) is 4.34 Å². The van der Waals surface area contributed by atoms with Crippen LogP contribution in [0.2, 0.25) is 0 Å². The Labute approximate surface area is 279 Å². The van der Waals surface area contributed by atoms with Crippen molar-refractivity contribution < 1.29 is 28.6 Å². The van der Waals surface area contributed by atoms with E-state index < -0.39 is 17.7 Å². The van der Waals surface area contributed by atoms with E-state index in [2.05, 4.69) is 10.2 Å². The van der Waals surface area contributed by atoms with E-state index in [0.29, 0.717) is 51.5 Å². The number of Topliss-reactive ketones (excluding diaryl/α,β-unsaturated/α-hetero) is 1. The lowest BCUT2D eigenvalue weighted by atomic mass is 9.95. The molecule has 47 heavy (non-hydrogen) atoms. The summed E-state index contributed by atoms with van der Waals surface area (Å²) >= 11 is 2.39. The van der Waals surface area contributed by atoms with Gasteiger partial charge in [0, 0.05) is 11.3 Å². The molecule has 0 radical (unpaired) electrons. The van der Waals surface area contributed by atoms with Crippen molar-refractivity contribution in [2.24, 2.45) is 0 Å². The van der Waals surface area contributed by atoms with Crippen LogP contribution in [0.5, 0.6) is 11.5 Å². The van der Waals surface area contributed by atoms with Crippen LogP contribution in [0, 0.1) is 5.82 Å². The first-order valence-electron chi connectivity index (χ1n) is 14.9. The van der Waals surface area contributed by atoms with Crippen molar-refractivity contribution in [3.63, 3.8) is 0 Å². The second-order valence-electron chi connectivity index (χ2n) is 10.6. The van der Waals surface area contributed by atoms with Crippen molar-refractivity contribution in [2.75, 3.05) is 11.5 Å². The number of carbonyl (C=O) groups is 2. The first-order chi connectivity index (χ1) is 22.9. The Bertz CT molecular complexity index is 1900. The number of hydrogen-bond donors (Lipinski definition) is 1. The van der Waals surface area contributed by atoms with Gasteiger partial charge in [0.05, 0.1) is 18.2 Å². The number of halogens is 1. The summed E-state index contributed by atoms with van der Waals surface area (Å²) in [4.78, 5) is 28.5. The number of ether oxygens (including phenoxy) is 2. The van der Waals surface area contributed by atoms with Crippen molar-refractivity contribution in [2.45, 2.75) is 36.1 Å². The molecule has 1 aliphatic heterocycles. The van der Waals surface area contributed by atoms with Crippen LogP contribution in [-0.4, -0.2) is 33.6 Å². The van der Waals surface area contributed by atoms with Gasteiger partial charge in [-0.15, -0.1) is 10.2 Å². The lowest BCUT2D eigenvalue weighted by Crippen LogP contribution is -2.29. The van der Waals surface area contributed by atoms with E-state index in [4.69, 9.17) is 9.47 Å². The third kappa shape index (κ3) is 7.21. The predicted molar refractivity (Wildman–Crippen MR) is 180 cm³/mol. The summed E-state index contributed by atoms with van der Waals surface area (Å²) in [6, 6.07) is 29.0. The predicted octanol–water partition coefficient (Wildman–Crippen LogP) is 7.96. The molecule has 1 unspecified atom stereocenters. The molecule has 0 spiro atoms. The quantitative estimate of drug-likeness (QED) is 0.0470. The Hall–Kier alpha value is -5.00. The van der Waals surface area contributed by atoms with Crippen molar-refractivity contribution in [1.82, 2.24) is 10.2 Å². The number of aromatic nitrogens is 2. The molecule has 1 fully saturated rings. The Morgan fingerprint density at radius 1 is 0.894 bits per heavy atom. The minimum absolute atomic E-state index is 0.0778. The standard InChI is InChI=1S/C36H30FN3O5S2/c1-2-20-44-27-18-14-25(15-19-27)32(41)30-31(24-12-16-28(17-13-24)45-21-23-8-4-3-5-9-23)40(34(43)33(30)42)35-38-39-36(47-35)46-22-26-10-6-7-11-29(26)37/h3-19,31,41H,2,20-22H2,1H3/b32-30-. The average Bonchev–Trinajstić information content (AvgIpc) is 3.68. The Kier molecular flexibility index (Phi) is 9.94. The van der Waals surface area contributed by atoms with E-state index in [1.54, 1.807) is 66.7 Å². The number of aliphatic hydroxyl groups excluding tert-OH is 1. The lowest BCUT2D eigenvalue weighted by Gasteiger charge is -2.22. The lowest BCUT2D eigenvalue weighted by molar-refractivity contribution is -0.132. The summed E-state index contributed by atoms with van der Waals surface area (Å²) in [6.45, 7) is 2.92. The summed E-state index contributed by atoms with van der Waals surface area (Å²) in [5.41, 5.74) is 2.37. The molecule has 5 aromatic rings. The van der Waals surface area contributed by atoms with Gasteiger partial charge in [-0.25, -0.2) is 4.39 Å². The SMILES string of the molecule is CCCOc1ccc(/C(O)=C2/C(=O)C(=O)N(c3nnc(SCc4ccccc4F)s3)C2c2ccc(OCc3ccccc3)cc2)cc1. The molecule has 1 aromatic heterocycles. The molecule has 238 valence electrons. The maximum Gasteiger partial charge on any atom is 0.301 e. The largest absolute Gasteiger partial charge is 0.507 e. The molecule has 8 nitrogen and oxygen atoms in total. The monoisotopic (exact) mass is 667 g/mol. The van der Waals surface area contributed by atoms with Crippen LogP contribution in [0.1, 0.15) is 41.6 Å². The first kappa shape index (κ1) is 32.0. The Balaban J connectivity index is 1.33. The minimum Gasteiger partial charge on any atom is -0.507 e. The molecule has 1 saturated heterocycles. The summed E-state index contributed by atoms with van der Waals surface area (Å²) < 4.78 is 26.3. The van der Waals surface area contributed by atoms with Crippen LogP contribution in [-0.2, 0) is 21.9 Å². The molecular weight excluding hydrogens is 638 g/mol. The molecule has 6 rings (SSSR count). The molecule has 0 bridgehead atoms. The van der Waals surface area contributed by atoms with Crippen LogP contribution in [0.25, 0.3) is 5.76 Å². The van der Waals surface area contributed by atoms with Gasteiger partial charge >= 0.3 is 5.91 Å². The fourth-order valence-corrected chi connectivity index (χ4v) is 6.88.